The summed E-state index contributed by atoms with van der Waals surface area (Å²) in [5.41, 5.74) is 7.06. The van der Waals surface area contributed by atoms with Gasteiger partial charge in [0.1, 0.15) is 11.5 Å². The molecule has 17 heavy (non-hydrogen) atoms. The van der Waals surface area contributed by atoms with Crippen LogP contribution >= 0.6 is 0 Å². The number of aromatic nitrogens is 1. The first-order valence-electron chi connectivity index (χ1n) is 6.17. The van der Waals surface area contributed by atoms with Crippen molar-refractivity contribution in [2.24, 2.45) is 5.73 Å². The third-order valence-corrected chi connectivity index (χ3v) is 3.49. The molecule has 2 rings (SSSR count). The fourth-order valence-corrected chi connectivity index (χ4v) is 2.43. The zero-order valence-corrected chi connectivity index (χ0v) is 10.3. The fourth-order valence-electron chi connectivity index (χ4n) is 2.43. The van der Waals surface area contributed by atoms with E-state index in [4.69, 9.17) is 11.1 Å². The van der Waals surface area contributed by atoms with Gasteiger partial charge in [-0.2, -0.15) is 0 Å². The van der Waals surface area contributed by atoms with Gasteiger partial charge in [0.15, 0.2) is 0 Å². The molecule has 0 bridgehead atoms. The molecule has 1 fully saturated rings. The van der Waals surface area contributed by atoms with Crippen LogP contribution in [-0.2, 0) is 6.42 Å². The molecule has 1 aromatic heterocycles. The molecule has 0 amide bonds. The summed E-state index contributed by atoms with van der Waals surface area (Å²) >= 11 is 0. The highest BCUT2D eigenvalue weighted by Gasteiger charge is 2.20. The molecular weight excluding hydrogens is 212 g/mol. The average Bonchev–Trinajstić information content (AvgIpc) is 2.72. The Morgan fingerprint density at radius 2 is 2.41 bits per heavy atom. The van der Waals surface area contributed by atoms with E-state index in [1.165, 1.54) is 19.4 Å². The number of nitrogens with two attached hydrogens (primary N) is 1. The third kappa shape index (κ3) is 3.03. The fraction of sp³-hybridized carbons (Fsp3) is 0.538. The molecule has 0 aliphatic carbocycles. The summed E-state index contributed by atoms with van der Waals surface area (Å²) in [6.07, 6.45) is 4.71. The van der Waals surface area contributed by atoms with Crippen molar-refractivity contribution >= 4 is 5.84 Å². The highest BCUT2D eigenvalue weighted by Crippen LogP contribution is 2.19. The summed E-state index contributed by atoms with van der Waals surface area (Å²) in [7, 11) is 2.19. The van der Waals surface area contributed by atoms with Gasteiger partial charge in [-0.1, -0.05) is 6.07 Å². The second-order valence-corrected chi connectivity index (χ2v) is 4.74. The number of rotatable bonds is 4. The minimum Gasteiger partial charge on any atom is -0.382 e. The van der Waals surface area contributed by atoms with Crippen LogP contribution in [-0.4, -0.2) is 35.4 Å². The van der Waals surface area contributed by atoms with Crippen LogP contribution in [0.25, 0.3) is 0 Å². The molecule has 92 valence electrons. The normalized spacial score (nSPS) is 20.6. The van der Waals surface area contributed by atoms with E-state index in [9.17, 15) is 0 Å². The van der Waals surface area contributed by atoms with E-state index in [1.54, 1.807) is 6.07 Å². The Labute approximate surface area is 102 Å². The minimum absolute atomic E-state index is 0.0461. The smallest absolute Gasteiger partial charge is 0.141 e. The Bertz CT molecular complexity index is 402. The van der Waals surface area contributed by atoms with E-state index in [2.05, 4.69) is 16.9 Å². The maximum atomic E-state index is 7.37. The van der Waals surface area contributed by atoms with Gasteiger partial charge < -0.3 is 10.6 Å². The number of pyridine rings is 1. The van der Waals surface area contributed by atoms with Gasteiger partial charge in [0, 0.05) is 11.7 Å². The first kappa shape index (κ1) is 12.0. The van der Waals surface area contributed by atoms with E-state index in [0.717, 1.165) is 18.5 Å². The Morgan fingerprint density at radius 1 is 1.59 bits per heavy atom. The Kier molecular flexibility index (Phi) is 3.74. The van der Waals surface area contributed by atoms with Crippen LogP contribution in [0.2, 0.25) is 0 Å². The van der Waals surface area contributed by atoms with Crippen LogP contribution in [0, 0.1) is 5.41 Å². The van der Waals surface area contributed by atoms with E-state index >= 15 is 0 Å². The number of nitrogens with zero attached hydrogens (tertiary/aromatic N) is 2. The molecule has 1 saturated heterocycles. The van der Waals surface area contributed by atoms with Crippen molar-refractivity contribution in [1.82, 2.24) is 9.88 Å². The van der Waals surface area contributed by atoms with E-state index in [1.807, 2.05) is 12.1 Å². The number of aryl methyl sites for hydroxylation is 1. The van der Waals surface area contributed by atoms with Crippen LogP contribution in [0.15, 0.2) is 18.2 Å². The Morgan fingerprint density at radius 3 is 3.06 bits per heavy atom. The van der Waals surface area contributed by atoms with Crippen LogP contribution in [0.4, 0.5) is 0 Å². The predicted molar refractivity (Wildman–Crippen MR) is 69.2 cm³/mol. The number of hydrogen-bond donors (Lipinski definition) is 2. The van der Waals surface area contributed by atoms with E-state index in [-0.39, 0.29) is 5.84 Å². The van der Waals surface area contributed by atoms with Crippen molar-refractivity contribution in [2.45, 2.75) is 31.7 Å². The van der Waals surface area contributed by atoms with E-state index in [0.29, 0.717) is 11.7 Å². The number of hydrogen-bond acceptors (Lipinski definition) is 3. The average molecular weight is 232 g/mol. The molecule has 0 aromatic carbocycles. The van der Waals surface area contributed by atoms with Crippen molar-refractivity contribution in [3.8, 4) is 0 Å². The van der Waals surface area contributed by atoms with Crippen LogP contribution in [0.5, 0.6) is 0 Å². The summed E-state index contributed by atoms with van der Waals surface area (Å²) < 4.78 is 0. The number of nitrogens with one attached hydrogen (secondary N) is 1. The molecular formula is C13H20N4. The SMILES string of the molecule is CN1CCC[C@H]1CCc1cccc(C(=N)N)n1. The molecule has 1 aliphatic heterocycles. The second kappa shape index (κ2) is 5.27. The van der Waals surface area contributed by atoms with Gasteiger partial charge >= 0.3 is 0 Å². The van der Waals surface area contributed by atoms with Crippen molar-refractivity contribution in [2.75, 3.05) is 13.6 Å². The van der Waals surface area contributed by atoms with Crippen LogP contribution in [0.1, 0.15) is 30.7 Å². The number of likely N-dealkylation sites (tertiary alicyclic amines) is 1. The molecule has 0 saturated carbocycles. The lowest BCUT2D eigenvalue weighted by Gasteiger charge is -2.18. The molecule has 1 atom stereocenters. The van der Waals surface area contributed by atoms with Crippen molar-refractivity contribution in [1.29, 1.82) is 5.41 Å². The monoisotopic (exact) mass is 232 g/mol. The molecule has 4 nitrogen and oxygen atoms in total. The van der Waals surface area contributed by atoms with Gasteiger partial charge in [-0.15, -0.1) is 0 Å². The van der Waals surface area contributed by atoms with Crippen molar-refractivity contribution in [3.05, 3.63) is 29.6 Å². The number of amidine groups is 1. The molecule has 0 radical (unpaired) electrons. The predicted octanol–water partition coefficient (Wildman–Crippen LogP) is 1.39. The largest absolute Gasteiger partial charge is 0.382 e. The topological polar surface area (TPSA) is 66.0 Å². The molecule has 3 N–H and O–H groups in total. The lowest BCUT2D eigenvalue weighted by atomic mass is 10.1. The standard InChI is InChI=1S/C13H20N4/c1-17-9-3-5-11(17)8-7-10-4-2-6-12(16-10)13(14)15/h2,4,6,11H,3,5,7-9H2,1H3,(H3,14,15)/t11-/m0/s1. The maximum Gasteiger partial charge on any atom is 0.141 e. The molecule has 0 spiro atoms. The summed E-state index contributed by atoms with van der Waals surface area (Å²) in [5.74, 6) is 0.0461. The van der Waals surface area contributed by atoms with Crippen molar-refractivity contribution < 1.29 is 0 Å². The summed E-state index contributed by atoms with van der Waals surface area (Å²) in [6, 6.07) is 6.42. The van der Waals surface area contributed by atoms with Gasteiger partial charge in [0.05, 0.1) is 0 Å². The van der Waals surface area contributed by atoms with Gasteiger partial charge in [-0.3, -0.25) is 5.41 Å². The molecule has 1 aliphatic rings. The van der Waals surface area contributed by atoms with Crippen LogP contribution < -0.4 is 5.73 Å². The first-order chi connectivity index (χ1) is 8.16. The quantitative estimate of drug-likeness (QED) is 0.609. The highest BCUT2D eigenvalue weighted by molar-refractivity contribution is 5.92. The van der Waals surface area contributed by atoms with Gasteiger partial charge in [0.2, 0.25) is 0 Å². The summed E-state index contributed by atoms with van der Waals surface area (Å²) in [5, 5.41) is 7.37. The lowest BCUT2D eigenvalue weighted by Crippen LogP contribution is -2.25. The minimum atomic E-state index is 0.0461. The summed E-state index contributed by atoms with van der Waals surface area (Å²) in [4.78, 5) is 6.82. The van der Waals surface area contributed by atoms with Gasteiger partial charge in [0.25, 0.3) is 0 Å². The zero-order valence-electron chi connectivity index (χ0n) is 10.3. The molecule has 4 heteroatoms. The number of nitrogen functional groups attached to an aromatic ring is 1. The third-order valence-electron chi connectivity index (χ3n) is 3.49. The first-order valence-corrected chi connectivity index (χ1v) is 6.17. The second-order valence-electron chi connectivity index (χ2n) is 4.74. The van der Waals surface area contributed by atoms with Gasteiger partial charge in [-0.05, 0) is 51.4 Å². The van der Waals surface area contributed by atoms with Crippen LogP contribution in [0.3, 0.4) is 0 Å². The van der Waals surface area contributed by atoms with E-state index < -0.39 is 0 Å². The lowest BCUT2D eigenvalue weighted by molar-refractivity contribution is 0.296. The highest BCUT2D eigenvalue weighted by atomic mass is 15.1. The Hall–Kier alpha value is -1.42. The Balaban J connectivity index is 1.94. The molecule has 0 unspecified atom stereocenters. The zero-order chi connectivity index (χ0) is 12.3. The maximum absolute atomic E-state index is 7.37. The van der Waals surface area contributed by atoms with Gasteiger partial charge in [-0.25, -0.2) is 4.98 Å². The molecule has 2 heterocycles. The summed E-state index contributed by atoms with van der Waals surface area (Å²) in [6.45, 7) is 1.21. The molecule has 1 aromatic rings. The van der Waals surface area contributed by atoms with Crippen molar-refractivity contribution in [3.63, 3.8) is 0 Å².